The molecule has 0 spiro atoms. The molecule has 1 saturated heterocycles. The van der Waals surface area contributed by atoms with Crippen LogP contribution in [0, 0.1) is 0 Å². The number of carbonyl (C=O) groups is 1. The zero-order chi connectivity index (χ0) is 20.4. The van der Waals surface area contributed by atoms with Crippen molar-refractivity contribution in [3.8, 4) is 5.75 Å². The van der Waals surface area contributed by atoms with Crippen LogP contribution < -0.4 is 15.0 Å². The molecule has 150 valence electrons. The van der Waals surface area contributed by atoms with Crippen molar-refractivity contribution in [2.24, 2.45) is 0 Å². The molecule has 1 aliphatic heterocycles. The molecule has 1 amide bonds. The molecule has 0 unspecified atom stereocenters. The smallest absolute Gasteiger partial charge is 0.410 e. The van der Waals surface area contributed by atoms with Crippen LogP contribution in [0.5, 0.6) is 5.75 Å². The first-order valence-electron chi connectivity index (χ1n) is 8.34. The Bertz CT molecular complexity index is 949. The van der Waals surface area contributed by atoms with Gasteiger partial charge in [0.05, 0.1) is 17.1 Å². The van der Waals surface area contributed by atoms with Crippen LogP contribution in [0.4, 0.5) is 29.3 Å². The SMILES string of the molecule is O=C(Nc1cc(N2CCS(=O)(=O)CC2)cc(C(F)(F)F)c1)Oc1ccccc1. The van der Waals surface area contributed by atoms with Crippen molar-refractivity contribution in [2.75, 3.05) is 34.8 Å². The van der Waals surface area contributed by atoms with Crippen LogP contribution in [0.15, 0.2) is 48.5 Å². The first-order valence-corrected chi connectivity index (χ1v) is 10.2. The average Bonchev–Trinajstić information content (AvgIpc) is 2.61. The number of amides is 1. The third-order valence-corrected chi connectivity index (χ3v) is 5.76. The van der Waals surface area contributed by atoms with Crippen LogP contribution in [-0.4, -0.2) is 39.1 Å². The molecule has 28 heavy (non-hydrogen) atoms. The van der Waals surface area contributed by atoms with E-state index in [-0.39, 0.29) is 41.7 Å². The topological polar surface area (TPSA) is 75.7 Å². The molecule has 0 aliphatic carbocycles. The Labute approximate surface area is 159 Å². The van der Waals surface area contributed by atoms with E-state index in [0.29, 0.717) is 0 Å². The number of hydrogen-bond donors (Lipinski definition) is 1. The number of anilines is 2. The Morgan fingerprint density at radius 2 is 1.68 bits per heavy atom. The van der Waals surface area contributed by atoms with E-state index in [1.54, 1.807) is 23.1 Å². The van der Waals surface area contributed by atoms with E-state index in [0.717, 1.165) is 12.1 Å². The summed E-state index contributed by atoms with van der Waals surface area (Å²) >= 11 is 0. The van der Waals surface area contributed by atoms with Gasteiger partial charge >= 0.3 is 12.3 Å². The van der Waals surface area contributed by atoms with Crippen LogP contribution in [0.25, 0.3) is 0 Å². The summed E-state index contributed by atoms with van der Waals surface area (Å²) in [6.45, 7) is 0.162. The molecule has 10 heteroatoms. The molecule has 1 aliphatic rings. The third-order valence-electron chi connectivity index (χ3n) is 4.15. The Kier molecular flexibility index (Phi) is 5.50. The van der Waals surface area contributed by atoms with Gasteiger partial charge in [-0.1, -0.05) is 18.2 Å². The number of ether oxygens (including phenoxy) is 1. The van der Waals surface area contributed by atoms with E-state index >= 15 is 0 Å². The lowest BCUT2D eigenvalue weighted by Crippen LogP contribution is -2.40. The molecule has 3 rings (SSSR count). The van der Waals surface area contributed by atoms with Crippen molar-refractivity contribution in [2.45, 2.75) is 6.18 Å². The van der Waals surface area contributed by atoms with Crippen LogP contribution >= 0.6 is 0 Å². The molecule has 0 saturated carbocycles. The van der Waals surface area contributed by atoms with Gasteiger partial charge < -0.3 is 9.64 Å². The van der Waals surface area contributed by atoms with Crippen molar-refractivity contribution in [1.29, 1.82) is 0 Å². The molecule has 0 atom stereocenters. The quantitative estimate of drug-likeness (QED) is 0.831. The summed E-state index contributed by atoms with van der Waals surface area (Å²) in [6, 6.07) is 11.2. The van der Waals surface area contributed by atoms with Crippen molar-refractivity contribution < 1.29 is 31.1 Å². The van der Waals surface area contributed by atoms with Gasteiger partial charge in [0.2, 0.25) is 0 Å². The predicted octanol–water partition coefficient (Wildman–Crippen LogP) is 3.55. The zero-order valence-electron chi connectivity index (χ0n) is 14.6. The number of halogens is 3. The van der Waals surface area contributed by atoms with Crippen LogP contribution in [0.3, 0.4) is 0 Å². The summed E-state index contributed by atoms with van der Waals surface area (Å²) in [4.78, 5) is 13.6. The average molecular weight is 414 g/mol. The molecule has 0 aromatic heterocycles. The molecule has 1 fully saturated rings. The largest absolute Gasteiger partial charge is 0.417 e. The molecule has 2 aromatic rings. The lowest BCUT2D eigenvalue weighted by Gasteiger charge is -2.29. The van der Waals surface area contributed by atoms with E-state index < -0.39 is 27.7 Å². The monoisotopic (exact) mass is 414 g/mol. The number of rotatable bonds is 3. The highest BCUT2D eigenvalue weighted by molar-refractivity contribution is 7.91. The minimum absolute atomic E-state index is 0.0809. The molecule has 0 bridgehead atoms. The maximum absolute atomic E-state index is 13.3. The summed E-state index contributed by atoms with van der Waals surface area (Å²) in [7, 11) is -3.18. The Balaban J connectivity index is 1.83. The summed E-state index contributed by atoms with van der Waals surface area (Å²) in [6.07, 6.45) is -5.56. The molecule has 2 aromatic carbocycles. The highest BCUT2D eigenvalue weighted by atomic mass is 32.2. The Hall–Kier alpha value is -2.75. The number of nitrogens with zero attached hydrogens (tertiary/aromatic N) is 1. The van der Waals surface area contributed by atoms with Gasteiger partial charge in [0.25, 0.3) is 0 Å². The minimum atomic E-state index is -4.63. The van der Waals surface area contributed by atoms with E-state index in [9.17, 15) is 26.4 Å². The fraction of sp³-hybridized carbons (Fsp3) is 0.278. The van der Waals surface area contributed by atoms with Gasteiger partial charge in [0.1, 0.15) is 5.75 Å². The zero-order valence-corrected chi connectivity index (χ0v) is 15.4. The number of benzene rings is 2. The van der Waals surface area contributed by atoms with Crippen molar-refractivity contribution in [1.82, 2.24) is 0 Å². The second kappa shape index (κ2) is 7.70. The predicted molar refractivity (Wildman–Crippen MR) is 98.4 cm³/mol. The highest BCUT2D eigenvalue weighted by Crippen LogP contribution is 2.35. The number of nitrogens with one attached hydrogen (secondary N) is 1. The Morgan fingerprint density at radius 1 is 1.04 bits per heavy atom. The maximum Gasteiger partial charge on any atom is 0.417 e. The fourth-order valence-electron chi connectivity index (χ4n) is 2.74. The molecular weight excluding hydrogens is 397 g/mol. The molecule has 1 heterocycles. The van der Waals surface area contributed by atoms with E-state index in [1.807, 2.05) is 0 Å². The normalized spacial score (nSPS) is 16.5. The summed E-state index contributed by atoms with van der Waals surface area (Å²) in [5.41, 5.74) is -0.868. The van der Waals surface area contributed by atoms with E-state index in [4.69, 9.17) is 4.74 Å². The molecular formula is C18H17F3N2O4S. The van der Waals surface area contributed by atoms with Gasteiger partial charge in [-0.2, -0.15) is 13.2 Å². The van der Waals surface area contributed by atoms with Crippen LogP contribution in [-0.2, 0) is 16.0 Å². The van der Waals surface area contributed by atoms with Crippen molar-refractivity contribution >= 4 is 27.3 Å². The lowest BCUT2D eigenvalue weighted by atomic mass is 10.1. The van der Waals surface area contributed by atoms with Gasteiger partial charge in [-0.3, -0.25) is 5.32 Å². The second-order valence-electron chi connectivity index (χ2n) is 6.23. The van der Waals surface area contributed by atoms with Gasteiger partial charge in [-0.25, -0.2) is 13.2 Å². The van der Waals surface area contributed by atoms with Crippen LogP contribution in [0.1, 0.15) is 5.56 Å². The standard InChI is InChI=1S/C18H17F3N2O4S/c19-18(20,21)13-10-14(22-17(24)27-16-4-2-1-3-5-16)12-15(11-13)23-6-8-28(25,26)9-7-23/h1-5,10-12H,6-9H2,(H,22,24). The summed E-state index contributed by atoms with van der Waals surface area (Å²) < 4.78 is 67.9. The van der Waals surface area contributed by atoms with Crippen molar-refractivity contribution in [3.63, 3.8) is 0 Å². The molecule has 1 N–H and O–H groups in total. The maximum atomic E-state index is 13.3. The number of alkyl halides is 3. The van der Waals surface area contributed by atoms with Crippen LogP contribution in [0.2, 0.25) is 0 Å². The van der Waals surface area contributed by atoms with Gasteiger partial charge in [-0.05, 0) is 30.3 Å². The minimum Gasteiger partial charge on any atom is -0.410 e. The highest BCUT2D eigenvalue weighted by Gasteiger charge is 2.32. The number of hydrogen-bond acceptors (Lipinski definition) is 5. The second-order valence-corrected chi connectivity index (χ2v) is 8.54. The first kappa shape index (κ1) is 20.0. The van der Waals surface area contributed by atoms with Gasteiger partial charge in [-0.15, -0.1) is 0 Å². The van der Waals surface area contributed by atoms with E-state index in [1.165, 1.54) is 18.2 Å². The summed E-state index contributed by atoms with van der Waals surface area (Å²) in [5.74, 6) is -0.0298. The number of carbonyl (C=O) groups excluding carboxylic acids is 1. The van der Waals surface area contributed by atoms with Gasteiger partial charge in [0, 0.05) is 24.5 Å². The first-order chi connectivity index (χ1) is 13.1. The molecule has 6 nitrogen and oxygen atoms in total. The number of sulfone groups is 1. The Morgan fingerprint density at radius 3 is 2.29 bits per heavy atom. The van der Waals surface area contributed by atoms with Gasteiger partial charge in [0.15, 0.2) is 9.84 Å². The third kappa shape index (κ3) is 5.16. The number of para-hydroxylation sites is 1. The fourth-order valence-corrected chi connectivity index (χ4v) is 3.94. The van der Waals surface area contributed by atoms with E-state index in [2.05, 4.69) is 5.32 Å². The van der Waals surface area contributed by atoms with Crippen molar-refractivity contribution in [3.05, 3.63) is 54.1 Å². The lowest BCUT2D eigenvalue weighted by molar-refractivity contribution is -0.137. The summed E-state index contributed by atoms with van der Waals surface area (Å²) in [5, 5.41) is 2.29. The molecule has 0 radical (unpaired) electrons.